The molecule has 28 heavy (non-hydrogen) atoms. The molecule has 1 aliphatic carbocycles. The molecule has 2 aromatic carbocycles. The Bertz CT molecular complexity index is 1130. The molecular weight excluding hydrogens is 394 g/mol. The van der Waals surface area contributed by atoms with Crippen LogP contribution in [0.25, 0.3) is 11.0 Å². The minimum Gasteiger partial charge on any atom is -0.461 e. The second kappa shape index (κ2) is 6.82. The highest BCUT2D eigenvalue weighted by Crippen LogP contribution is 2.41. The number of fused-ring (bicyclic) bond motifs is 3. The first-order chi connectivity index (χ1) is 13.1. The van der Waals surface area contributed by atoms with Crippen molar-refractivity contribution in [1.29, 1.82) is 0 Å². The van der Waals surface area contributed by atoms with E-state index in [1.165, 1.54) is 17.7 Å². The summed E-state index contributed by atoms with van der Waals surface area (Å²) in [5, 5.41) is 1.50. The van der Waals surface area contributed by atoms with Crippen LogP contribution in [0.3, 0.4) is 0 Å². The normalized spacial score (nSPS) is 17.5. The number of hydrogen-bond acceptors (Lipinski definition) is 3. The molecule has 0 radical (unpaired) electrons. The van der Waals surface area contributed by atoms with E-state index in [1.54, 1.807) is 18.2 Å². The SMILES string of the molecule is CC(C)(C)C1CCc2oc3ccc(NS(=O)(=O)c4ccc(Cl)cc4)cc3c2C1. The van der Waals surface area contributed by atoms with Crippen molar-refractivity contribution in [2.24, 2.45) is 11.3 Å². The number of anilines is 1. The predicted molar refractivity (Wildman–Crippen MR) is 113 cm³/mol. The molecule has 1 aliphatic rings. The maximum Gasteiger partial charge on any atom is 0.261 e. The number of aryl methyl sites for hydroxylation is 1. The fraction of sp³-hybridized carbons (Fsp3) is 0.364. The highest BCUT2D eigenvalue weighted by atomic mass is 35.5. The molecule has 0 fully saturated rings. The third kappa shape index (κ3) is 3.65. The van der Waals surface area contributed by atoms with Crippen LogP contribution in [-0.2, 0) is 22.9 Å². The standard InChI is InChI=1S/C22H24ClNO3S/c1-22(2,3)14-4-10-20-18(12-14)19-13-16(7-11-21(19)27-20)24-28(25,26)17-8-5-15(23)6-9-17/h5-9,11,13-14,24H,4,10,12H2,1-3H3. The summed E-state index contributed by atoms with van der Waals surface area (Å²) in [5.41, 5.74) is 2.79. The van der Waals surface area contributed by atoms with Gasteiger partial charge in [-0.3, -0.25) is 4.72 Å². The Kier molecular flexibility index (Phi) is 4.71. The molecule has 0 spiro atoms. The summed E-state index contributed by atoms with van der Waals surface area (Å²) < 4.78 is 34.1. The highest BCUT2D eigenvalue weighted by Gasteiger charge is 2.31. The van der Waals surface area contributed by atoms with E-state index in [2.05, 4.69) is 25.5 Å². The zero-order chi connectivity index (χ0) is 20.1. The van der Waals surface area contributed by atoms with Crippen LogP contribution in [0.4, 0.5) is 5.69 Å². The van der Waals surface area contributed by atoms with E-state index in [-0.39, 0.29) is 10.3 Å². The van der Waals surface area contributed by atoms with Crippen LogP contribution in [0.1, 0.15) is 38.5 Å². The van der Waals surface area contributed by atoms with Gasteiger partial charge in [0.25, 0.3) is 10.0 Å². The second-order valence-corrected chi connectivity index (χ2v) is 10.7. The maximum absolute atomic E-state index is 12.7. The van der Waals surface area contributed by atoms with E-state index >= 15 is 0 Å². The van der Waals surface area contributed by atoms with Crippen LogP contribution in [0.15, 0.2) is 51.8 Å². The summed E-state index contributed by atoms with van der Waals surface area (Å²) in [6, 6.07) is 11.6. The molecule has 3 aromatic rings. The molecule has 0 saturated heterocycles. The van der Waals surface area contributed by atoms with Crippen LogP contribution in [0.2, 0.25) is 5.02 Å². The average Bonchev–Trinajstić information content (AvgIpc) is 2.98. The fourth-order valence-electron chi connectivity index (χ4n) is 3.91. The fourth-order valence-corrected chi connectivity index (χ4v) is 5.08. The molecule has 1 heterocycles. The number of nitrogens with one attached hydrogen (secondary N) is 1. The smallest absolute Gasteiger partial charge is 0.261 e. The molecule has 0 aliphatic heterocycles. The van der Waals surface area contributed by atoms with Crippen LogP contribution in [0, 0.1) is 11.3 Å². The van der Waals surface area contributed by atoms with Gasteiger partial charge in [-0.1, -0.05) is 32.4 Å². The minimum absolute atomic E-state index is 0.180. The number of benzene rings is 2. The molecule has 1 unspecified atom stereocenters. The lowest BCUT2D eigenvalue weighted by Crippen LogP contribution is -2.26. The van der Waals surface area contributed by atoms with Gasteiger partial charge in [0.15, 0.2) is 0 Å². The predicted octanol–water partition coefficient (Wildman–Crippen LogP) is 6.04. The quantitative estimate of drug-likeness (QED) is 0.565. The summed E-state index contributed by atoms with van der Waals surface area (Å²) in [6.45, 7) is 6.82. The lowest BCUT2D eigenvalue weighted by atomic mass is 9.71. The molecule has 6 heteroatoms. The Morgan fingerprint density at radius 2 is 1.82 bits per heavy atom. The van der Waals surface area contributed by atoms with Crippen molar-refractivity contribution in [2.45, 2.75) is 44.9 Å². The van der Waals surface area contributed by atoms with Gasteiger partial charge in [0.05, 0.1) is 4.90 Å². The molecule has 1 N–H and O–H groups in total. The third-order valence-corrected chi connectivity index (χ3v) is 7.29. The lowest BCUT2D eigenvalue weighted by Gasteiger charge is -2.33. The van der Waals surface area contributed by atoms with Gasteiger partial charge in [0.1, 0.15) is 11.3 Å². The van der Waals surface area contributed by atoms with Crippen molar-refractivity contribution in [1.82, 2.24) is 0 Å². The number of rotatable bonds is 3. The monoisotopic (exact) mass is 417 g/mol. The summed E-state index contributed by atoms with van der Waals surface area (Å²) in [5.74, 6) is 1.61. The van der Waals surface area contributed by atoms with Gasteiger partial charge in [-0.15, -0.1) is 0 Å². The molecule has 0 saturated carbocycles. The van der Waals surface area contributed by atoms with E-state index in [9.17, 15) is 8.42 Å². The van der Waals surface area contributed by atoms with Crippen LogP contribution in [-0.4, -0.2) is 8.42 Å². The van der Waals surface area contributed by atoms with Gasteiger partial charge >= 0.3 is 0 Å². The van der Waals surface area contributed by atoms with Crippen molar-refractivity contribution in [2.75, 3.05) is 4.72 Å². The highest BCUT2D eigenvalue weighted by molar-refractivity contribution is 7.92. The summed E-state index contributed by atoms with van der Waals surface area (Å²) >= 11 is 5.86. The van der Waals surface area contributed by atoms with E-state index in [0.29, 0.717) is 16.6 Å². The molecule has 1 aromatic heterocycles. The number of furan rings is 1. The summed E-state index contributed by atoms with van der Waals surface area (Å²) in [4.78, 5) is 0.180. The third-order valence-electron chi connectivity index (χ3n) is 5.65. The van der Waals surface area contributed by atoms with Gasteiger partial charge in [-0.05, 0) is 66.6 Å². The summed E-state index contributed by atoms with van der Waals surface area (Å²) in [6.07, 6.45) is 3.00. The molecular formula is C22H24ClNO3S. The summed E-state index contributed by atoms with van der Waals surface area (Å²) in [7, 11) is -3.68. The average molecular weight is 418 g/mol. The number of halogens is 1. The Hall–Kier alpha value is -1.98. The molecule has 4 nitrogen and oxygen atoms in total. The van der Waals surface area contributed by atoms with Crippen molar-refractivity contribution < 1.29 is 12.8 Å². The van der Waals surface area contributed by atoms with Crippen LogP contribution in [0.5, 0.6) is 0 Å². The maximum atomic E-state index is 12.7. The zero-order valence-corrected chi connectivity index (χ0v) is 17.8. The van der Waals surface area contributed by atoms with Gasteiger partial charge in [0, 0.05) is 28.1 Å². The Morgan fingerprint density at radius 1 is 1.11 bits per heavy atom. The van der Waals surface area contributed by atoms with E-state index in [4.69, 9.17) is 16.0 Å². The van der Waals surface area contributed by atoms with Gasteiger partial charge in [-0.2, -0.15) is 0 Å². The second-order valence-electron chi connectivity index (χ2n) is 8.58. The number of sulfonamides is 1. The van der Waals surface area contributed by atoms with E-state index in [0.717, 1.165) is 36.0 Å². The molecule has 4 rings (SSSR count). The number of hydrogen-bond donors (Lipinski definition) is 1. The van der Waals surface area contributed by atoms with Crippen LogP contribution < -0.4 is 4.72 Å². The van der Waals surface area contributed by atoms with Crippen molar-refractivity contribution in [3.05, 3.63) is 58.8 Å². The van der Waals surface area contributed by atoms with Crippen molar-refractivity contribution in [3.63, 3.8) is 0 Å². The first-order valence-corrected chi connectivity index (χ1v) is 11.3. The zero-order valence-electron chi connectivity index (χ0n) is 16.3. The molecule has 1 atom stereocenters. The Morgan fingerprint density at radius 3 is 2.50 bits per heavy atom. The topological polar surface area (TPSA) is 59.3 Å². The lowest BCUT2D eigenvalue weighted by molar-refractivity contribution is 0.210. The van der Waals surface area contributed by atoms with E-state index < -0.39 is 10.0 Å². The van der Waals surface area contributed by atoms with Crippen molar-refractivity contribution >= 4 is 38.3 Å². The first-order valence-electron chi connectivity index (χ1n) is 9.46. The molecule has 0 bridgehead atoms. The first kappa shape index (κ1) is 19.3. The molecule has 148 valence electrons. The van der Waals surface area contributed by atoms with Gasteiger partial charge in [0.2, 0.25) is 0 Å². The van der Waals surface area contributed by atoms with E-state index in [1.807, 2.05) is 12.1 Å². The molecule has 0 amide bonds. The largest absolute Gasteiger partial charge is 0.461 e. The van der Waals surface area contributed by atoms with Gasteiger partial charge in [-0.25, -0.2) is 8.42 Å². The Labute approximate surface area is 170 Å². The van der Waals surface area contributed by atoms with Gasteiger partial charge < -0.3 is 4.42 Å². The minimum atomic E-state index is -3.68. The van der Waals surface area contributed by atoms with Crippen molar-refractivity contribution in [3.8, 4) is 0 Å². The van der Waals surface area contributed by atoms with Crippen LogP contribution >= 0.6 is 11.6 Å². The Balaban J connectivity index is 1.68.